The number of halogens is 3. The van der Waals surface area contributed by atoms with Gasteiger partial charge >= 0.3 is 6.18 Å². The van der Waals surface area contributed by atoms with Crippen molar-refractivity contribution in [1.82, 2.24) is 20.1 Å². The van der Waals surface area contributed by atoms with Crippen molar-refractivity contribution in [2.75, 3.05) is 39.8 Å². The van der Waals surface area contributed by atoms with E-state index in [1.807, 2.05) is 4.90 Å². The van der Waals surface area contributed by atoms with Crippen molar-refractivity contribution in [3.8, 4) is 0 Å². The lowest BCUT2D eigenvalue weighted by molar-refractivity contribution is -0.142. The SMILES string of the molecule is CN=C(NCc1nc(C(F)(F)F)cs1)N1CCN(C(=O)C2CCCO2)CC1. The fraction of sp³-hybridized carbons (Fsp3) is 0.688. The molecule has 1 amide bonds. The lowest BCUT2D eigenvalue weighted by Crippen LogP contribution is -2.55. The smallest absolute Gasteiger partial charge is 0.368 e. The summed E-state index contributed by atoms with van der Waals surface area (Å²) in [6, 6.07) is 0. The van der Waals surface area contributed by atoms with E-state index in [0.717, 1.165) is 29.6 Å². The molecule has 2 fully saturated rings. The molecule has 1 aromatic heterocycles. The quantitative estimate of drug-likeness (QED) is 0.611. The predicted octanol–water partition coefficient (Wildman–Crippen LogP) is 1.56. The summed E-state index contributed by atoms with van der Waals surface area (Å²) in [4.78, 5) is 24.0. The third-order valence-corrected chi connectivity index (χ3v) is 5.40. The summed E-state index contributed by atoms with van der Waals surface area (Å²) >= 11 is 0.960. The second-order valence-corrected chi connectivity index (χ2v) is 7.28. The molecule has 2 aliphatic rings. The van der Waals surface area contributed by atoms with Crippen LogP contribution in [0.4, 0.5) is 13.2 Å². The Morgan fingerprint density at radius 2 is 2.07 bits per heavy atom. The summed E-state index contributed by atoms with van der Waals surface area (Å²) in [6.45, 7) is 3.14. The topological polar surface area (TPSA) is 70.1 Å². The van der Waals surface area contributed by atoms with Crippen LogP contribution in [0.5, 0.6) is 0 Å². The first-order valence-electron chi connectivity index (χ1n) is 8.76. The summed E-state index contributed by atoms with van der Waals surface area (Å²) in [6.07, 6.45) is -3.06. The van der Waals surface area contributed by atoms with E-state index >= 15 is 0 Å². The van der Waals surface area contributed by atoms with Gasteiger partial charge in [0, 0.05) is 45.2 Å². The number of aromatic nitrogens is 1. The molecule has 150 valence electrons. The van der Waals surface area contributed by atoms with Crippen LogP contribution in [-0.2, 0) is 22.3 Å². The molecular formula is C16H22F3N5O2S. The summed E-state index contributed by atoms with van der Waals surface area (Å²) in [5.41, 5.74) is -0.874. The minimum Gasteiger partial charge on any atom is -0.368 e. The van der Waals surface area contributed by atoms with E-state index in [-0.39, 0.29) is 18.6 Å². The zero-order valence-electron chi connectivity index (χ0n) is 15.0. The molecule has 1 aromatic rings. The molecule has 2 saturated heterocycles. The maximum absolute atomic E-state index is 12.6. The Kier molecular flexibility index (Phi) is 6.20. The molecule has 0 spiro atoms. The highest BCUT2D eigenvalue weighted by molar-refractivity contribution is 7.09. The van der Waals surface area contributed by atoms with E-state index in [4.69, 9.17) is 4.74 Å². The Labute approximate surface area is 159 Å². The molecule has 0 aliphatic carbocycles. The standard InChI is InChI=1S/C16H22F3N5O2S/c1-20-15(21-9-13-22-12(10-27-13)16(17,18)19)24-6-4-23(5-7-24)14(25)11-3-2-8-26-11/h10-11H,2-9H2,1H3,(H,20,21). The number of guanidine groups is 1. The molecule has 0 bridgehead atoms. The van der Waals surface area contributed by atoms with Gasteiger partial charge in [0.25, 0.3) is 5.91 Å². The van der Waals surface area contributed by atoms with E-state index in [0.29, 0.717) is 43.8 Å². The average Bonchev–Trinajstić information content (AvgIpc) is 3.34. The fourth-order valence-electron chi connectivity index (χ4n) is 3.12. The van der Waals surface area contributed by atoms with Crippen molar-refractivity contribution in [1.29, 1.82) is 0 Å². The fourth-order valence-corrected chi connectivity index (χ4v) is 3.86. The normalized spacial score (nSPS) is 21.6. The second-order valence-electron chi connectivity index (χ2n) is 6.34. The third-order valence-electron chi connectivity index (χ3n) is 4.55. The summed E-state index contributed by atoms with van der Waals surface area (Å²) in [5, 5.41) is 4.40. The lowest BCUT2D eigenvalue weighted by atomic mass is 10.2. The van der Waals surface area contributed by atoms with E-state index < -0.39 is 11.9 Å². The van der Waals surface area contributed by atoms with E-state index in [1.54, 1.807) is 11.9 Å². The molecule has 1 N–H and O–H groups in total. The van der Waals surface area contributed by atoms with Gasteiger partial charge in [-0.2, -0.15) is 13.2 Å². The van der Waals surface area contributed by atoms with Gasteiger partial charge in [-0.1, -0.05) is 0 Å². The van der Waals surface area contributed by atoms with Crippen molar-refractivity contribution in [3.05, 3.63) is 16.1 Å². The molecule has 2 aliphatic heterocycles. The van der Waals surface area contributed by atoms with Crippen molar-refractivity contribution in [2.45, 2.75) is 31.7 Å². The zero-order valence-corrected chi connectivity index (χ0v) is 15.8. The average molecular weight is 405 g/mol. The zero-order chi connectivity index (χ0) is 19.4. The number of nitrogens with zero attached hydrogens (tertiary/aromatic N) is 4. The van der Waals surface area contributed by atoms with Gasteiger partial charge in [0.2, 0.25) is 0 Å². The second kappa shape index (κ2) is 8.42. The number of carbonyl (C=O) groups excluding carboxylic acids is 1. The third kappa shape index (κ3) is 4.89. The van der Waals surface area contributed by atoms with Gasteiger partial charge in [0.1, 0.15) is 11.1 Å². The molecule has 11 heteroatoms. The Morgan fingerprint density at radius 1 is 1.37 bits per heavy atom. The van der Waals surface area contributed by atoms with Gasteiger partial charge in [0.15, 0.2) is 11.7 Å². The molecule has 7 nitrogen and oxygen atoms in total. The number of aliphatic imine (C=N–C) groups is 1. The van der Waals surface area contributed by atoms with Gasteiger partial charge in [0.05, 0.1) is 6.54 Å². The molecule has 0 saturated carbocycles. The molecule has 0 radical (unpaired) electrons. The monoisotopic (exact) mass is 405 g/mol. The van der Waals surface area contributed by atoms with Gasteiger partial charge in [-0.15, -0.1) is 11.3 Å². The van der Waals surface area contributed by atoms with Crippen LogP contribution in [0.25, 0.3) is 0 Å². The number of amides is 1. The highest BCUT2D eigenvalue weighted by Gasteiger charge is 2.34. The summed E-state index contributed by atoms with van der Waals surface area (Å²) < 4.78 is 43.3. The van der Waals surface area contributed by atoms with Crippen LogP contribution >= 0.6 is 11.3 Å². The molecule has 3 heterocycles. The van der Waals surface area contributed by atoms with Crippen LogP contribution in [0.3, 0.4) is 0 Å². The Morgan fingerprint density at radius 3 is 2.63 bits per heavy atom. The Balaban J connectivity index is 1.49. The summed E-state index contributed by atoms with van der Waals surface area (Å²) in [5.74, 6) is 0.625. The Bertz CT molecular complexity index is 680. The van der Waals surface area contributed by atoms with Crippen molar-refractivity contribution < 1.29 is 22.7 Å². The number of rotatable bonds is 3. The Hall–Kier alpha value is -1.88. The van der Waals surface area contributed by atoms with Gasteiger partial charge in [-0.25, -0.2) is 4.98 Å². The maximum Gasteiger partial charge on any atom is 0.434 e. The number of nitrogens with one attached hydrogen (secondary N) is 1. The minimum absolute atomic E-state index is 0.0394. The first kappa shape index (κ1) is 19.9. The van der Waals surface area contributed by atoms with E-state index in [9.17, 15) is 18.0 Å². The van der Waals surface area contributed by atoms with Crippen LogP contribution < -0.4 is 5.32 Å². The van der Waals surface area contributed by atoms with Crippen LogP contribution in [0, 0.1) is 0 Å². The highest BCUT2D eigenvalue weighted by Crippen LogP contribution is 2.29. The van der Waals surface area contributed by atoms with Crippen molar-refractivity contribution in [2.24, 2.45) is 4.99 Å². The predicted molar refractivity (Wildman–Crippen MR) is 94.4 cm³/mol. The molecule has 27 heavy (non-hydrogen) atoms. The van der Waals surface area contributed by atoms with E-state index in [2.05, 4.69) is 15.3 Å². The molecular weight excluding hydrogens is 383 g/mol. The molecule has 1 unspecified atom stereocenters. The number of piperazine rings is 1. The molecule has 0 aromatic carbocycles. The first-order chi connectivity index (χ1) is 12.9. The number of thiazole rings is 1. The first-order valence-corrected chi connectivity index (χ1v) is 9.64. The van der Waals surface area contributed by atoms with Crippen LogP contribution in [0.15, 0.2) is 10.4 Å². The number of hydrogen-bond acceptors (Lipinski definition) is 5. The number of carbonyl (C=O) groups is 1. The van der Waals surface area contributed by atoms with Crippen molar-refractivity contribution >= 4 is 23.2 Å². The van der Waals surface area contributed by atoms with Crippen LogP contribution in [-0.4, -0.2) is 72.6 Å². The number of ether oxygens (including phenoxy) is 1. The van der Waals surface area contributed by atoms with Gasteiger partial charge < -0.3 is 19.9 Å². The molecule has 1 atom stereocenters. The number of hydrogen-bond donors (Lipinski definition) is 1. The van der Waals surface area contributed by atoms with Gasteiger partial charge in [-0.3, -0.25) is 9.79 Å². The molecule has 3 rings (SSSR count). The number of alkyl halides is 3. The van der Waals surface area contributed by atoms with Crippen molar-refractivity contribution in [3.63, 3.8) is 0 Å². The minimum atomic E-state index is -4.43. The highest BCUT2D eigenvalue weighted by atomic mass is 32.1. The van der Waals surface area contributed by atoms with Crippen LogP contribution in [0.1, 0.15) is 23.5 Å². The van der Waals surface area contributed by atoms with Gasteiger partial charge in [-0.05, 0) is 12.8 Å². The largest absolute Gasteiger partial charge is 0.434 e. The van der Waals surface area contributed by atoms with Crippen LogP contribution in [0.2, 0.25) is 0 Å². The maximum atomic E-state index is 12.6. The summed E-state index contributed by atoms with van der Waals surface area (Å²) in [7, 11) is 1.62. The lowest BCUT2D eigenvalue weighted by Gasteiger charge is -2.37. The van der Waals surface area contributed by atoms with E-state index in [1.165, 1.54) is 0 Å².